The molecule has 0 amide bonds. The zero-order chi connectivity index (χ0) is 12.1. The van der Waals surface area contributed by atoms with Crippen molar-refractivity contribution in [3.8, 4) is 6.07 Å². The zero-order valence-corrected chi connectivity index (χ0v) is 10.8. The molecule has 0 saturated carbocycles. The van der Waals surface area contributed by atoms with E-state index < -0.39 is 0 Å². The van der Waals surface area contributed by atoms with Gasteiger partial charge in [-0.3, -0.25) is 0 Å². The van der Waals surface area contributed by atoms with Gasteiger partial charge in [0.05, 0.1) is 12.6 Å². The molecule has 1 aromatic rings. The summed E-state index contributed by atoms with van der Waals surface area (Å²) in [6, 6.07) is 1.93. The van der Waals surface area contributed by atoms with Gasteiger partial charge in [-0.1, -0.05) is 25.4 Å². The summed E-state index contributed by atoms with van der Waals surface area (Å²) >= 11 is 6.90. The second kappa shape index (κ2) is 6.04. The highest BCUT2D eigenvalue weighted by Gasteiger charge is 2.16. The van der Waals surface area contributed by atoms with E-state index in [-0.39, 0.29) is 17.8 Å². The van der Waals surface area contributed by atoms with E-state index in [2.05, 4.69) is 23.5 Å². The third kappa shape index (κ3) is 3.34. The minimum Gasteiger partial charge on any atom is -0.394 e. The van der Waals surface area contributed by atoms with E-state index >= 15 is 0 Å². The molecule has 0 radical (unpaired) electrons. The average Bonchev–Trinajstić information content (AvgIpc) is 2.57. The molecular formula is C10H14ClN3OS. The fourth-order valence-corrected chi connectivity index (χ4v) is 2.41. The van der Waals surface area contributed by atoms with E-state index in [1.807, 2.05) is 6.07 Å². The van der Waals surface area contributed by atoms with Crippen molar-refractivity contribution in [1.82, 2.24) is 4.37 Å². The van der Waals surface area contributed by atoms with Crippen LogP contribution in [0.15, 0.2) is 0 Å². The van der Waals surface area contributed by atoms with Crippen molar-refractivity contribution >= 4 is 28.1 Å². The second-order valence-electron chi connectivity index (χ2n) is 3.94. The third-order valence-corrected chi connectivity index (χ3v) is 3.23. The number of aromatic nitrogens is 1. The van der Waals surface area contributed by atoms with Crippen LogP contribution in [-0.4, -0.2) is 22.1 Å². The van der Waals surface area contributed by atoms with Crippen LogP contribution in [0.4, 0.5) is 5.00 Å². The first-order valence-electron chi connectivity index (χ1n) is 5.01. The molecule has 0 fully saturated rings. The van der Waals surface area contributed by atoms with Crippen LogP contribution in [-0.2, 0) is 0 Å². The van der Waals surface area contributed by atoms with Gasteiger partial charge in [0.15, 0.2) is 5.15 Å². The van der Waals surface area contributed by atoms with Crippen molar-refractivity contribution in [3.63, 3.8) is 0 Å². The van der Waals surface area contributed by atoms with E-state index in [0.29, 0.717) is 16.5 Å². The molecular weight excluding hydrogens is 246 g/mol. The summed E-state index contributed by atoms with van der Waals surface area (Å²) in [6.07, 6.45) is 0.830. The van der Waals surface area contributed by atoms with Crippen molar-refractivity contribution in [2.45, 2.75) is 26.3 Å². The smallest absolute Gasteiger partial charge is 0.162 e. The van der Waals surface area contributed by atoms with E-state index in [1.165, 1.54) is 0 Å². The number of hydrogen-bond acceptors (Lipinski definition) is 5. The Morgan fingerprint density at radius 3 is 2.81 bits per heavy atom. The number of anilines is 1. The predicted octanol–water partition coefficient (Wildman–Crippen LogP) is 2.49. The second-order valence-corrected chi connectivity index (χ2v) is 5.07. The lowest BCUT2D eigenvalue weighted by atomic mass is 10.0. The molecule has 0 saturated heterocycles. The molecule has 1 atom stereocenters. The number of aliphatic hydroxyl groups is 1. The molecule has 2 N–H and O–H groups in total. The highest BCUT2D eigenvalue weighted by Crippen LogP contribution is 2.28. The van der Waals surface area contributed by atoms with Crippen molar-refractivity contribution < 1.29 is 5.11 Å². The highest BCUT2D eigenvalue weighted by molar-refractivity contribution is 7.10. The van der Waals surface area contributed by atoms with Crippen LogP contribution in [0.3, 0.4) is 0 Å². The van der Waals surface area contributed by atoms with Gasteiger partial charge < -0.3 is 10.4 Å². The molecule has 16 heavy (non-hydrogen) atoms. The Morgan fingerprint density at radius 1 is 1.62 bits per heavy atom. The Morgan fingerprint density at radius 2 is 2.31 bits per heavy atom. The first kappa shape index (κ1) is 13.2. The number of halogens is 1. The van der Waals surface area contributed by atoms with Gasteiger partial charge >= 0.3 is 0 Å². The molecule has 0 bridgehead atoms. The normalized spacial score (nSPS) is 12.5. The third-order valence-electron chi connectivity index (χ3n) is 2.07. The Labute approximate surface area is 104 Å². The van der Waals surface area contributed by atoms with E-state index in [9.17, 15) is 5.11 Å². The summed E-state index contributed by atoms with van der Waals surface area (Å²) < 4.78 is 3.89. The Hall–Kier alpha value is -0.830. The lowest BCUT2D eigenvalue weighted by molar-refractivity contribution is 0.259. The summed E-state index contributed by atoms with van der Waals surface area (Å²) in [5, 5.41) is 22.0. The summed E-state index contributed by atoms with van der Waals surface area (Å²) in [6.45, 7) is 4.18. The molecule has 0 aromatic carbocycles. The zero-order valence-electron chi connectivity index (χ0n) is 9.20. The topological polar surface area (TPSA) is 68.9 Å². The molecule has 88 valence electrons. The average molecular weight is 260 g/mol. The number of nitrogens with zero attached hydrogens (tertiary/aromatic N) is 2. The van der Waals surface area contributed by atoms with Crippen molar-refractivity contribution in [1.29, 1.82) is 5.26 Å². The van der Waals surface area contributed by atoms with Gasteiger partial charge in [-0.15, -0.1) is 0 Å². The Kier molecular flexibility index (Phi) is 5.00. The minimum atomic E-state index is -0.0661. The van der Waals surface area contributed by atoms with Gasteiger partial charge in [-0.05, 0) is 23.9 Å². The van der Waals surface area contributed by atoms with E-state index in [4.69, 9.17) is 16.9 Å². The number of rotatable bonds is 5. The fourth-order valence-electron chi connectivity index (χ4n) is 1.40. The molecule has 1 heterocycles. The SMILES string of the molecule is CC(C)C[C@H](CO)Nc1snc(Cl)c1C#N. The molecule has 1 aromatic heterocycles. The summed E-state index contributed by atoms with van der Waals surface area (Å²) in [5.74, 6) is 0.471. The van der Waals surface area contributed by atoms with Gasteiger partial charge in [0.1, 0.15) is 16.6 Å². The first-order valence-corrected chi connectivity index (χ1v) is 6.16. The minimum absolute atomic E-state index is 0.0264. The molecule has 0 aliphatic carbocycles. The first-order chi connectivity index (χ1) is 7.58. The lowest BCUT2D eigenvalue weighted by Gasteiger charge is -2.18. The molecule has 0 aliphatic rings. The summed E-state index contributed by atoms with van der Waals surface area (Å²) in [5.41, 5.74) is 0.355. The maximum absolute atomic E-state index is 9.21. The number of nitrogens with one attached hydrogen (secondary N) is 1. The summed E-state index contributed by atoms with van der Waals surface area (Å²) in [7, 11) is 0. The molecule has 0 aliphatic heterocycles. The quantitative estimate of drug-likeness (QED) is 0.852. The van der Waals surface area contributed by atoms with Crippen LogP contribution >= 0.6 is 23.1 Å². The van der Waals surface area contributed by atoms with Crippen LogP contribution in [0, 0.1) is 17.2 Å². The van der Waals surface area contributed by atoms with Gasteiger partial charge in [0.25, 0.3) is 0 Å². The van der Waals surface area contributed by atoms with Crippen molar-refractivity contribution in [3.05, 3.63) is 10.7 Å². The largest absolute Gasteiger partial charge is 0.394 e. The van der Waals surface area contributed by atoms with Crippen molar-refractivity contribution in [2.24, 2.45) is 5.92 Å². The predicted molar refractivity (Wildman–Crippen MR) is 65.8 cm³/mol. The van der Waals surface area contributed by atoms with Crippen molar-refractivity contribution in [2.75, 3.05) is 11.9 Å². The van der Waals surface area contributed by atoms with Crippen LogP contribution in [0.2, 0.25) is 5.15 Å². The molecule has 1 rings (SSSR count). The van der Waals surface area contributed by atoms with E-state index in [0.717, 1.165) is 18.0 Å². The number of hydrogen-bond donors (Lipinski definition) is 2. The Bertz CT molecular complexity index is 386. The maximum atomic E-state index is 9.21. The Balaban J connectivity index is 2.74. The molecule has 6 heteroatoms. The van der Waals surface area contributed by atoms with Gasteiger partial charge in [0.2, 0.25) is 0 Å². The molecule has 4 nitrogen and oxygen atoms in total. The van der Waals surface area contributed by atoms with Crippen LogP contribution in [0.1, 0.15) is 25.8 Å². The number of aliphatic hydroxyl groups excluding tert-OH is 1. The van der Waals surface area contributed by atoms with Crippen LogP contribution in [0.5, 0.6) is 0 Å². The van der Waals surface area contributed by atoms with Gasteiger partial charge in [-0.2, -0.15) is 9.64 Å². The van der Waals surface area contributed by atoms with Crippen LogP contribution in [0.25, 0.3) is 0 Å². The monoisotopic (exact) mass is 259 g/mol. The summed E-state index contributed by atoms with van der Waals surface area (Å²) in [4.78, 5) is 0. The highest BCUT2D eigenvalue weighted by atomic mass is 35.5. The van der Waals surface area contributed by atoms with Gasteiger partial charge in [0, 0.05) is 0 Å². The van der Waals surface area contributed by atoms with E-state index in [1.54, 1.807) is 0 Å². The van der Waals surface area contributed by atoms with Crippen LogP contribution < -0.4 is 5.32 Å². The number of nitriles is 1. The van der Waals surface area contributed by atoms with Gasteiger partial charge in [-0.25, -0.2) is 0 Å². The fraction of sp³-hybridized carbons (Fsp3) is 0.600. The molecule has 0 unspecified atom stereocenters. The lowest BCUT2D eigenvalue weighted by Crippen LogP contribution is -2.25. The standard InChI is InChI=1S/C10H14ClN3OS/c1-6(2)3-7(5-15)13-10-8(4-12)9(11)14-16-10/h6-7,13,15H,3,5H2,1-2H3/t7-/m1/s1. The maximum Gasteiger partial charge on any atom is 0.162 e. The molecule has 0 spiro atoms.